The molecule has 1 N–H and O–H groups in total. The first-order valence-corrected chi connectivity index (χ1v) is 14.8. The van der Waals surface area contributed by atoms with Crippen molar-refractivity contribution in [1.82, 2.24) is 4.90 Å². The molecule has 5 aromatic rings. The maximum absolute atomic E-state index is 13.6. The Bertz CT molecular complexity index is 1780. The molecule has 0 radical (unpaired) electrons. The average Bonchev–Trinajstić information content (AvgIpc) is 3.64. The van der Waals surface area contributed by atoms with Crippen LogP contribution >= 0.6 is 11.3 Å². The molecule has 4 aromatic carbocycles. The molecule has 6 rings (SSSR count). The second-order valence-corrected chi connectivity index (χ2v) is 11.3. The van der Waals surface area contributed by atoms with Gasteiger partial charge in [-0.15, -0.1) is 11.3 Å². The van der Waals surface area contributed by atoms with Crippen LogP contribution in [0.3, 0.4) is 0 Å². The number of para-hydroxylation sites is 1. The monoisotopic (exact) mass is 587 g/mol. The number of ether oxygens (including phenoxy) is 2. The van der Waals surface area contributed by atoms with Crippen molar-refractivity contribution in [1.29, 1.82) is 0 Å². The van der Waals surface area contributed by atoms with Crippen molar-refractivity contribution in [2.45, 2.75) is 26.1 Å². The Hall–Kier alpha value is -5.14. The van der Waals surface area contributed by atoms with Crippen LogP contribution in [0.2, 0.25) is 0 Å². The molecule has 0 aliphatic carbocycles. The van der Waals surface area contributed by atoms with Gasteiger partial charge in [0, 0.05) is 10.4 Å². The fourth-order valence-electron chi connectivity index (χ4n) is 5.18. The number of aryl methyl sites for hydroxylation is 1. The summed E-state index contributed by atoms with van der Waals surface area (Å²) in [5.74, 6) is 0.271. The van der Waals surface area contributed by atoms with Crippen LogP contribution < -0.4 is 9.47 Å². The molecule has 1 saturated heterocycles. The molecular weight excluding hydrogens is 558 g/mol. The van der Waals surface area contributed by atoms with Gasteiger partial charge in [0.2, 0.25) is 0 Å². The molecule has 1 atom stereocenters. The van der Waals surface area contributed by atoms with E-state index >= 15 is 0 Å². The Morgan fingerprint density at radius 3 is 2.30 bits per heavy atom. The van der Waals surface area contributed by atoms with Crippen LogP contribution in [0.15, 0.2) is 126 Å². The SMILES string of the molecule is Cc1cc(/C(O)=C2\C(=O)C(=O)N(Cc3cccs3)C2c2cccc(Oc3ccccc3)c2)ccc1OCc1ccccc1. The van der Waals surface area contributed by atoms with Gasteiger partial charge in [-0.25, -0.2) is 0 Å². The van der Waals surface area contributed by atoms with E-state index in [1.807, 2.05) is 109 Å². The van der Waals surface area contributed by atoms with Crippen LogP contribution in [0.4, 0.5) is 0 Å². The number of carbonyl (C=O) groups is 2. The van der Waals surface area contributed by atoms with Gasteiger partial charge < -0.3 is 19.5 Å². The molecule has 2 heterocycles. The average molecular weight is 588 g/mol. The van der Waals surface area contributed by atoms with E-state index in [1.165, 1.54) is 16.2 Å². The van der Waals surface area contributed by atoms with Gasteiger partial charge in [0.05, 0.1) is 18.2 Å². The fourth-order valence-corrected chi connectivity index (χ4v) is 5.88. The van der Waals surface area contributed by atoms with Crippen LogP contribution in [0, 0.1) is 6.92 Å². The summed E-state index contributed by atoms with van der Waals surface area (Å²) in [6.45, 7) is 2.52. The lowest BCUT2D eigenvalue weighted by molar-refractivity contribution is -0.140. The lowest BCUT2D eigenvalue weighted by Gasteiger charge is -2.25. The molecule has 1 aliphatic heterocycles. The molecular formula is C36H29NO5S. The number of aliphatic hydroxyl groups is 1. The molecule has 214 valence electrons. The minimum Gasteiger partial charge on any atom is -0.507 e. The lowest BCUT2D eigenvalue weighted by Crippen LogP contribution is -2.28. The Morgan fingerprint density at radius 2 is 1.58 bits per heavy atom. The van der Waals surface area contributed by atoms with Gasteiger partial charge in [-0.2, -0.15) is 0 Å². The summed E-state index contributed by atoms with van der Waals surface area (Å²) in [4.78, 5) is 29.5. The number of rotatable bonds is 9. The van der Waals surface area contributed by atoms with E-state index in [-0.39, 0.29) is 17.9 Å². The van der Waals surface area contributed by atoms with Crippen LogP contribution in [0.5, 0.6) is 17.2 Å². The summed E-state index contributed by atoms with van der Waals surface area (Å²) >= 11 is 1.51. The number of amides is 1. The highest BCUT2D eigenvalue weighted by atomic mass is 32.1. The standard InChI is InChI=1S/C36H29NO5S/c1-24-20-27(17-18-31(24)41-23-25-10-4-2-5-11-25)34(38)32-33(37(36(40)35(32)39)22-30-16-9-19-43-30)26-12-8-15-29(21-26)42-28-13-6-3-7-14-28/h2-21,33,38H,22-23H2,1H3/b34-32+. The van der Waals surface area contributed by atoms with Gasteiger partial charge in [-0.05, 0) is 77.5 Å². The second kappa shape index (κ2) is 12.4. The number of hydrogen-bond acceptors (Lipinski definition) is 6. The summed E-state index contributed by atoms with van der Waals surface area (Å²) in [5, 5.41) is 13.6. The van der Waals surface area contributed by atoms with Crippen LogP contribution in [0.1, 0.15) is 33.2 Å². The first-order valence-electron chi connectivity index (χ1n) is 13.9. The molecule has 1 amide bonds. The van der Waals surface area contributed by atoms with Crippen molar-refractivity contribution in [3.8, 4) is 17.2 Å². The number of hydrogen-bond donors (Lipinski definition) is 1. The van der Waals surface area contributed by atoms with E-state index in [0.717, 1.165) is 16.0 Å². The van der Waals surface area contributed by atoms with Gasteiger partial charge in [-0.3, -0.25) is 9.59 Å². The predicted octanol–water partition coefficient (Wildman–Crippen LogP) is 8.05. The minimum atomic E-state index is -0.810. The summed E-state index contributed by atoms with van der Waals surface area (Å²) in [5.41, 5.74) is 2.96. The zero-order valence-electron chi connectivity index (χ0n) is 23.5. The van der Waals surface area contributed by atoms with E-state index in [0.29, 0.717) is 35.0 Å². The van der Waals surface area contributed by atoms with E-state index in [1.54, 1.807) is 18.2 Å². The van der Waals surface area contributed by atoms with Crippen molar-refractivity contribution in [3.05, 3.63) is 153 Å². The van der Waals surface area contributed by atoms with E-state index in [2.05, 4.69) is 0 Å². The number of ketones is 1. The van der Waals surface area contributed by atoms with Gasteiger partial charge in [-0.1, -0.05) is 66.7 Å². The highest BCUT2D eigenvalue weighted by molar-refractivity contribution is 7.09. The van der Waals surface area contributed by atoms with Crippen molar-refractivity contribution in [3.63, 3.8) is 0 Å². The summed E-state index contributed by atoms with van der Waals surface area (Å²) in [6, 6.07) is 34.8. The molecule has 43 heavy (non-hydrogen) atoms. The number of benzene rings is 4. The maximum atomic E-state index is 13.6. The zero-order valence-corrected chi connectivity index (χ0v) is 24.3. The van der Waals surface area contributed by atoms with Gasteiger partial charge in [0.25, 0.3) is 11.7 Å². The number of thiophene rings is 1. The molecule has 0 spiro atoms. The molecule has 1 aliphatic rings. The summed E-state index contributed by atoms with van der Waals surface area (Å²) in [6.07, 6.45) is 0. The van der Waals surface area contributed by atoms with E-state index in [4.69, 9.17) is 9.47 Å². The third-order valence-corrected chi connectivity index (χ3v) is 8.15. The second-order valence-electron chi connectivity index (χ2n) is 10.2. The smallest absolute Gasteiger partial charge is 0.295 e. The lowest BCUT2D eigenvalue weighted by atomic mass is 9.94. The minimum absolute atomic E-state index is 0.0378. The third kappa shape index (κ3) is 6.08. The largest absolute Gasteiger partial charge is 0.507 e. The number of aliphatic hydroxyl groups excluding tert-OH is 1. The van der Waals surface area contributed by atoms with Crippen molar-refractivity contribution in [2.24, 2.45) is 0 Å². The quantitative estimate of drug-likeness (QED) is 0.107. The first kappa shape index (κ1) is 28.0. The Kier molecular flexibility index (Phi) is 8.07. The number of Topliss-reactive ketones (excluding diaryl/α,β-unsaturated/α-hetero) is 1. The first-order chi connectivity index (χ1) is 21.0. The number of carbonyl (C=O) groups excluding carboxylic acids is 2. The molecule has 1 unspecified atom stereocenters. The molecule has 6 nitrogen and oxygen atoms in total. The van der Waals surface area contributed by atoms with Crippen molar-refractivity contribution in [2.75, 3.05) is 0 Å². The third-order valence-electron chi connectivity index (χ3n) is 7.28. The van der Waals surface area contributed by atoms with Crippen LogP contribution in [-0.4, -0.2) is 21.7 Å². The van der Waals surface area contributed by atoms with Gasteiger partial charge in [0.1, 0.15) is 29.6 Å². The van der Waals surface area contributed by atoms with Crippen molar-refractivity contribution >= 4 is 28.8 Å². The predicted molar refractivity (Wildman–Crippen MR) is 167 cm³/mol. The summed E-state index contributed by atoms with van der Waals surface area (Å²) < 4.78 is 12.1. The molecule has 7 heteroatoms. The normalized spacial score (nSPS) is 15.9. The molecule has 0 saturated carbocycles. The highest BCUT2D eigenvalue weighted by Gasteiger charge is 2.46. The topological polar surface area (TPSA) is 76.1 Å². The zero-order chi connectivity index (χ0) is 29.8. The van der Waals surface area contributed by atoms with Crippen LogP contribution in [-0.2, 0) is 22.7 Å². The van der Waals surface area contributed by atoms with Gasteiger partial charge in [0.15, 0.2) is 0 Å². The van der Waals surface area contributed by atoms with Crippen LogP contribution in [0.25, 0.3) is 5.76 Å². The Morgan fingerprint density at radius 1 is 0.837 bits per heavy atom. The Balaban J connectivity index is 1.37. The van der Waals surface area contributed by atoms with Crippen molar-refractivity contribution < 1.29 is 24.2 Å². The number of likely N-dealkylation sites (tertiary alicyclic amines) is 1. The number of nitrogens with zero attached hydrogens (tertiary/aromatic N) is 1. The van der Waals surface area contributed by atoms with E-state index in [9.17, 15) is 14.7 Å². The van der Waals surface area contributed by atoms with E-state index < -0.39 is 17.7 Å². The van der Waals surface area contributed by atoms with Gasteiger partial charge >= 0.3 is 0 Å². The maximum Gasteiger partial charge on any atom is 0.295 e. The summed E-state index contributed by atoms with van der Waals surface area (Å²) in [7, 11) is 0. The molecule has 1 aromatic heterocycles. The fraction of sp³-hybridized carbons (Fsp3) is 0.111. The Labute approximate surface area is 254 Å². The molecule has 1 fully saturated rings. The highest BCUT2D eigenvalue weighted by Crippen LogP contribution is 2.42. The molecule has 0 bridgehead atoms.